The average Bonchev–Trinajstić information content (AvgIpc) is 2.25. The fourth-order valence-electron chi connectivity index (χ4n) is 1.56. The molecule has 1 aromatic rings. The lowest BCUT2D eigenvalue weighted by atomic mass is 9.86. The SMILES string of the molecule is CC(C)NCC(=O)c1ccc(C(C)(C)C)cc1. The molecule has 0 bridgehead atoms. The van der Waals surface area contributed by atoms with Crippen molar-refractivity contribution in [2.24, 2.45) is 0 Å². The number of hydrogen-bond acceptors (Lipinski definition) is 2. The summed E-state index contributed by atoms with van der Waals surface area (Å²) in [6, 6.07) is 8.27. The molecule has 0 amide bonds. The highest BCUT2D eigenvalue weighted by Gasteiger charge is 2.14. The molecule has 0 aliphatic heterocycles. The second-order valence-corrected chi connectivity index (χ2v) is 5.79. The van der Waals surface area contributed by atoms with Gasteiger partial charge in [0.05, 0.1) is 6.54 Å². The van der Waals surface area contributed by atoms with Crippen molar-refractivity contribution in [3.05, 3.63) is 35.4 Å². The Morgan fingerprint density at radius 3 is 2.12 bits per heavy atom. The Kier molecular flexibility index (Phi) is 4.47. The maximum Gasteiger partial charge on any atom is 0.176 e. The molecule has 0 radical (unpaired) electrons. The van der Waals surface area contributed by atoms with Crippen molar-refractivity contribution < 1.29 is 4.79 Å². The van der Waals surface area contributed by atoms with Crippen LogP contribution >= 0.6 is 0 Å². The monoisotopic (exact) mass is 233 g/mol. The van der Waals surface area contributed by atoms with Crippen LogP contribution in [0.3, 0.4) is 0 Å². The minimum absolute atomic E-state index is 0.137. The number of hydrogen-bond donors (Lipinski definition) is 1. The van der Waals surface area contributed by atoms with Gasteiger partial charge in [-0.05, 0) is 11.0 Å². The Morgan fingerprint density at radius 2 is 1.71 bits per heavy atom. The summed E-state index contributed by atoms with van der Waals surface area (Å²) in [5, 5.41) is 3.14. The number of benzene rings is 1. The molecule has 2 heteroatoms. The number of ketones is 1. The summed E-state index contributed by atoms with van der Waals surface area (Å²) in [4.78, 5) is 11.8. The molecule has 0 saturated carbocycles. The molecule has 1 rings (SSSR count). The van der Waals surface area contributed by atoms with E-state index in [9.17, 15) is 4.79 Å². The third kappa shape index (κ3) is 4.31. The van der Waals surface area contributed by atoms with Crippen LogP contribution in [-0.2, 0) is 5.41 Å². The number of nitrogens with one attached hydrogen (secondary N) is 1. The average molecular weight is 233 g/mol. The third-order valence-electron chi connectivity index (χ3n) is 2.74. The van der Waals surface area contributed by atoms with Crippen LogP contribution < -0.4 is 5.32 Å². The molecule has 1 aromatic carbocycles. The van der Waals surface area contributed by atoms with E-state index in [4.69, 9.17) is 0 Å². The first kappa shape index (κ1) is 13.9. The molecule has 0 unspecified atom stereocenters. The van der Waals surface area contributed by atoms with Crippen molar-refractivity contribution in [2.45, 2.75) is 46.1 Å². The molecule has 17 heavy (non-hydrogen) atoms. The number of Topliss-reactive ketones (excluding diaryl/α,β-unsaturated/α-hetero) is 1. The van der Waals surface area contributed by atoms with E-state index in [1.54, 1.807) is 0 Å². The summed E-state index contributed by atoms with van der Waals surface area (Å²) in [5.74, 6) is 0.152. The van der Waals surface area contributed by atoms with E-state index in [-0.39, 0.29) is 11.2 Å². The first-order valence-electron chi connectivity index (χ1n) is 6.18. The van der Waals surface area contributed by atoms with Gasteiger partial charge in [-0.1, -0.05) is 58.9 Å². The van der Waals surface area contributed by atoms with E-state index in [1.165, 1.54) is 5.56 Å². The minimum atomic E-state index is 0.137. The molecule has 0 saturated heterocycles. The Balaban J connectivity index is 2.71. The van der Waals surface area contributed by atoms with E-state index >= 15 is 0 Å². The van der Waals surface area contributed by atoms with Gasteiger partial charge in [0.1, 0.15) is 0 Å². The summed E-state index contributed by atoms with van der Waals surface area (Å²) in [6.07, 6.45) is 0. The predicted octanol–water partition coefficient (Wildman–Crippen LogP) is 3.16. The fourth-order valence-corrected chi connectivity index (χ4v) is 1.56. The van der Waals surface area contributed by atoms with Crippen molar-refractivity contribution in [1.29, 1.82) is 0 Å². The maximum atomic E-state index is 11.8. The fraction of sp³-hybridized carbons (Fsp3) is 0.533. The van der Waals surface area contributed by atoms with Crippen molar-refractivity contribution in [3.63, 3.8) is 0 Å². The minimum Gasteiger partial charge on any atom is -0.307 e. The molecule has 2 nitrogen and oxygen atoms in total. The lowest BCUT2D eigenvalue weighted by Crippen LogP contribution is -2.29. The number of carbonyl (C=O) groups is 1. The lowest BCUT2D eigenvalue weighted by Gasteiger charge is -2.19. The van der Waals surface area contributed by atoms with Crippen LogP contribution in [0.5, 0.6) is 0 Å². The van der Waals surface area contributed by atoms with Crippen LogP contribution in [0.4, 0.5) is 0 Å². The first-order chi connectivity index (χ1) is 7.80. The van der Waals surface area contributed by atoms with Crippen molar-refractivity contribution in [3.8, 4) is 0 Å². The maximum absolute atomic E-state index is 11.8. The molecule has 0 aromatic heterocycles. The summed E-state index contributed by atoms with van der Waals surface area (Å²) in [5.41, 5.74) is 2.18. The van der Waals surface area contributed by atoms with Gasteiger partial charge in [0.15, 0.2) is 5.78 Å². The normalized spacial score (nSPS) is 11.9. The van der Waals surface area contributed by atoms with E-state index in [2.05, 4.69) is 26.1 Å². The van der Waals surface area contributed by atoms with Gasteiger partial charge in [-0.25, -0.2) is 0 Å². The molecule has 0 fully saturated rings. The van der Waals surface area contributed by atoms with Crippen LogP contribution in [0.15, 0.2) is 24.3 Å². The molecule has 0 aliphatic rings. The van der Waals surface area contributed by atoms with Gasteiger partial charge in [-0.2, -0.15) is 0 Å². The summed E-state index contributed by atoms with van der Waals surface area (Å²) < 4.78 is 0. The van der Waals surface area contributed by atoms with Crippen LogP contribution in [0, 0.1) is 0 Å². The predicted molar refractivity (Wildman–Crippen MR) is 72.6 cm³/mol. The second kappa shape index (κ2) is 5.46. The van der Waals surface area contributed by atoms with Gasteiger partial charge in [0.2, 0.25) is 0 Å². The standard InChI is InChI=1S/C15H23NO/c1-11(2)16-10-14(17)12-6-8-13(9-7-12)15(3,4)5/h6-9,11,16H,10H2,1-5H3. The van der Waals surface area contributed by atoms with Crippen LogP contribution in [0.2, 0.25) is 0 Å². The van der Waals surface area contributed by atoms with E-state index in [1.807, 2.05) is 38.1 Å². The smallest absolute Gasteiger partial charge is 0.176 e. The zero-order valence-electron chi connectivity index (χ0n) is 11.5. The zero-order valence-corrected chi connectivity index (χ0v) is 11.5. The van der Waals surface area contributed by atoms with E-state index < -0.39 is 0 Å². The molecular weight excluding hydrogens is 210 g/mol. The van der Waals surface area contributed by atoms with Crippen LogP contribution in [-0.4, -0.2) is 18.4 Å². The van der Waals surface area contributed by atoms with Crippen LogP contribution in [0.1, 0.15) is 50.5 Å². The highest BCUT2D eigenvalue weighted by molar-refractivity contribution is 5.97. The molecule has 0 atom stereocenters. The van der Waals surface area contributed by atoms with Gasteiger partial charge in [0, 0.05) is 11.6 Å². The molecular formula is C15H23NO. The quantitative estimate of drug-likeness (QED) is 0.809. The van der Waals surface area contributed by atoms with Gasteiger partial charge in [-0.3, -0.25) is 4.79 Å². The van der Waals surface area contributed by atoms with Gasteiger partial charge in [0.25, 0.3) is 0 Å². The molecule has 1 N–H and O–H groups in total. The number of carbonyl (C=O) groups excluding carboxylic acids is 1. The van der Waals surface area contributed by atoms with Crippen molar-refractivity contribution >= 4 is 5.78 Å². The Morgan fingerprint density at radius 1 is 1.18 bits per heavy atom. The Hall–Kier alpha value is -1.15. The summed E-state index contributed by atoms with van der Waals surface area (Å²) in [7, 11) is 0. The highest BCUT2D eigenvalue weighted by atomic mass is 16.1. The largest absolute Gasteiger partial charge is 0.307 e. The molecule has 0 heterocycles. The Labute approximate surface area is 104 Å². The second-order valence-electron chi connectivity index (χ2n) is 5.79. The topological polar surface area (TPSA) is 29.1 Å². The molecule has 94 valence electrons. The number of rotatable bonds is 4. The van der Waals surface area contributed by atoms with Crippen LogP contribution in [0.25, 0.3) is 0 Å². The highest BCUT2D eigenvalue weighted by Crippen LogP contribution is 2.22. The summed E-state index contributed by atoms with van der Waals surface area (Å²) >= 11 is 0. The zero-order chi connectivity index (χ0) is 13.1. The van der Waals surface area contributed by atoms with Crippen molar-refractivity contribution in [2.75, 3.05) is 6.54 Å². The van der Waals surface area contributed by atoms with Gasteiger partial charge >= 0.3 is 0 Å². The van der Waals surface area contributed by atoms with Gasteiger partial charge < -0.3 is 5.32 Å². The van der Waals surface area contributed by atoms with E-state index in [0.29, 0.717) is 12.6 Å². The third-order valence-corrected chi connectivity index (χ3v) is 2.74. The van der Waals surface area contributed by atoms with Crippen molar-refractivity contribution in [1.82, 2.24) is 5.32 Å². The molecule has 0 spiro atoms. The molecule has 0 aliphatic carbocycles. The summed E-state index contributed by atoms with van der Waals surface area (Å²) in [6.45, 7) is 11.0. The lowest BCUT2D eigenvalue weighted by molar-refractivity contribution is 0.0988. The van der Waals surface area contributed by atoms with Gasteiger partial charge in [-0.15, -0.1) is 0 Å². The first-order valence-corrected chi connectivity index (χ1v) is 6.18. The Bertz CT molecular complexity index is 371. The van der Waals surface area contributed by atoms with E-state index in [0.717, 1.165) is 5.56 Å².